The van der Waals surface area contributed by atoms with Crippen molar-refractivity contribution in [1.82, 2.24) is 35.1 Å². The fourth-order valence-electron chi connectivity index (χ4n) is 2.62. The second-order valence-electron chi connectivity index (χ2n) is 6.14. The molecule has 0 saturated carbocycles. The summed E-state index contributed by atoms with van der Waals surface area (Å²) in [4.78, 5) is 12.3. The number of aryl methyl sites for hydroxylation is 2. The van der Waals surface area contributed by atoms with E-state index < -0.39 is 23.3 Å². The molecule has 0 atom stereocenters. The predicted molar refractivity (Wildman–Crippen MR) is 94.6 cm³/mol. The molecule has 3 rings (SSSR count). The Bertz CT molecular complexity index is 980. The van der Waals surface area contributed by atoms with Gasteiger partial charge < -0.3 is 10.1 Å². The van der Waals surface area contributed by atoms with Crippen LogP contribution in [-0.2, 0) is 12.7 Å². The fraction of sp³-hybridized carbons (Fsp3) is 0.353. The van der Waals surface area contributed by atoms with Crippen LogP contribution in [0.3, 0.4) is 0 Å². The van der Waals surface area contributed by atoms with Gasteiger partial charge in [-0.25, -0.2) is 4.68 Å². The zero-order chi connectivity index (χ0) is 21.0. The van der Waals surface area contributed by atoms with E-state index in [0.717, 1.165) is 11.8 Å². The molecule has 0 fully saturated rings. The molecule has 0 aliphatic heterocycles. The Labute approximate surface area is 163 Å². The van der Waals surface area contributed by atoms with E-state index in [1.165, 1.54) is 19.2 Å². The van der Waals surface area contributed by atoms with Crippen LogP contribution < -0.4 is 10.1 Å². The van der Waals surface area contributed by atoms with Crippen LogP contribution in [0.2, 0.25) is 0 Å². The zero-order valence-corrected chi connectivity index (χ0v) is 15.6. The van der Waals surface area contributed by atoms with E-state index in [1.807, 2.05) is 13.1 Å². The minimum absolute atomic E-state index is 0.139. The quantitative estimate of drug-likeness (QED) is 0.600. The van der Waals surface area contributed by atoms with E-state index in [-0.39, 0.29) is 18.2 Å². The Morgan fingerprint density at radius 2 is 2.00 bits per heavy atom. The molecule has 3 aromatic rings. The molecule has 12 heteroatoms. The maximum Gasteiger partial charge on any atom is 0.434 e. The highest BCUT2D eigenvalue weighted by Gasteiger charge is 2.40. The van der Waals surface area contributed by atoms with Crippen molar-refractivity contribution in [2.45, 2.75) is 26.1 Å². The molecule has 1 N–H and O–H groups in total. The first-order chi connectivity index (χ1) is 13.8. The standard InChI is InChI=1S/C17H18F3N7O2/c1-11-8-22-26(10-11)7-3-6-21-16(28)12-9-23-27(15(12)17(18,19)20)13-4-5-14(29-2)25-24-13/h4-5,8-10H,3,6-7H2,1-2H3,(H,21,28). The summed E-state index contributed by atoms with van der Waals surface area (Å²) in [6.45, 7) is 2.61. The van der Waals surface area contributed by atoms with Gasteiger partial charge >= 0.3 is 6.18 Å². The molecular formula is C17H18F3N7O2. The molecule has 0 unspecified atom stereocenters. The van der Waals surface area contributed by atoms with Crippen LogP contribution >= 0.6 is 0 Å². The third kappa shape index (κ3) is 4.70. The largest absolute Gasteiger partial charge is 0.480 e. The molecule has 0 aliphatic rings. The van der Waals surface area contributed by atoms with E-state index >= 15 is 0 Å². The Hall–Kier alpha value is -3.44. The summed E-state index contributed by atoms with van der Waals surface area (Å²) in [6.07, 6.45) is 0.0821. The summed E-state index contributed by atoms with van der Waals surface area (Å²) >= 11 is 0. The van der Waals surface area contributed by atoms with Crippen molar-refractivity contribution < 1.29 is 22.7 Å². The highest BCUT2D eigenvalue weighted by molar-refractivity contribution is 5.95. The van der Waals surface area contributed by atoms with Gasteiger partial charge in [0, 0.05) is 25.4 Å². The molecule has 1 amide bonds. The summed E-state index contributed by atoms with van der Waals surface area (Å²) in [5, 5.41) is 17.6. The number of alkyl halides is 3. The predicted octanol–water partition coefficient (Wildman–Crippen LogP) is 2.01. The minimum atomic E-state index is -4.82. The third-order valence-electron chi connectivity index (χ3n) is 3.95. The van der Waals surface area contributed by atoms with Crippen LogP contribution in [0, 0.1) is 6.92 Å². The van der Waals surface area contributed by atoms with Crippen molar-refractivity contribution in [2.75, 3.05) is 13.7 Å². The van der Waals surface area contributed by atoms with Gasteiger partial charge in [-0.2, -0.15) is 23.4 Å². The van der Waals surface area contributed by atoms with Crippen LogP contribution in [0.15, 0.2) is 30.7 Å². The fourth-order valence-corrected chi connectivity index (χ4v) is 2.62. The SMILES string of the molecule is COc1ccc(-n2ncc(C(=O)NCCCn3cc(C)cn3)c2C(F)(F)F)nn1. The van der Waals surface area contributed by atoms with Gasteiger partial charge in [0.05, 0.1) is 25.1 Å². The van der Waals surface area contributed by atoms with Gasteiger partial charge in [0.25, 0.3) is 5.91 Å². The number of hydrogen-bond acceptors (Lipinski definition) is 6. The van der Waals surface area contributed by atoms with Crippen molar-refractivity contribution in [2.24, 2.45) is 0 Å². The Morgan fingerprint density at radius 3 is 2.59 bits per heavy atom. The summed E-state index contributed by atoms with van der Waals surface area (Å²) in [5.41, 5.74) is -0.819. The van der Waals surface area contributed by atoms with E-state index in [4.69, 9.17) is 4.74 Å². The van der Waals surface area contributed by atoms with Gasteiger partial charge in [-0.15, -0.1) is 10.2 Å². The normalized spacial score (nSPS) is 11.5. The van der Waals surface area contributed by atoms with E-state index in [9.17, 15) is 18.0 Å². The lowest BCUT2D eigenvalue weighted by molar-refractivity contribution is -0.143. The number of aromatic nitrogens is 6. The summed E-state index contributed by atoms with van der Waals surface area (Å²) in [6, 6.07) is 2.61. The lowest BCUT2D eigenvalue weighted by Gasteiger charge is -2.12. The van der Waals surface area contributed by atoms with Gasteiger partial charge in [-0.3, -0.25) is 9.48 Å². The average Bonchev–Trinajstić information content (AvgIpc) is 3.31. The third-order valence-corrected chi connectivity index (χ3v) is 3.95. The van der Waals surface area contributed by atoms with E-state index in [0.29, 0.717) is 17.6 Å². The summed E-state index contributed by atoms with van der Waals surface area (Å²) in [7, 11) is 1.36. The number of nitrogens with one attached hydrogen (secondary N) is 1. The molecule has 0 aromatic carbocycles. The number of nitrogens with zero attached hydrogens (tertiary/aromatic N) is 6. The Kier molecular flexibility index (Phi) is 5.80. The molecule has 0 saturated heterocycles. The topological polar surface area (TPSA) is 99.8 Å². The highest BCUT2D eigenvalue weighted by Crippen LogP contribution is 2.33. The number of amides is 1. The molecule has 3 aromatic heterocycles. The number of halogens is 3. The second kappa shape index (κ2) is 8.29. The van der Waals surface area contributed by atoms with E-state index in [2.05, 4.69) is 25.7 Å². The minimum Gasteiger partial charge on any atom is -0.480 e. The zero-order valence-electron chi connectivity index (χ0n) is 15.6. The molecule has 0 radical (unpaired) electrons. The van der Waals surface area contributed by atoms with Crippen LogP contribution in [0.25, 0.3) is 5.82 Å². The summed E-state index contributed by atoms with van der Waals surface area (Å²) < 4.78 is 47.9. The van der Waals surface area contributed by atoms with Crippen molar-refractivity contribution in [3.05, 3.63) is 47.5 Å². The maximum absolute atomic E-state index is 13.6. The van der Waals surface area contributed by atoms with Crippen molar-refractivity contribution in [1.29, 1.82) is 0 Å². The molecule has 3 heterocycles. The number of carbonyl (C=O) groups is 1. The Morgan fingerprint density at radius 1 is 1.21 bits per heavy atom. The van der Waals surface area contributed by atoms with Gasteiger partial charge in [0.2, 0.25) is 5.88 Å². The van der Waals surface area contributed by atoms with Gasteiger partial charge in [-0.1, -0.05) is 0 Å². The lowest BCUT2D eigenvalue weighted by Crippen LogP contribution is -2.28. The van der Waals surface area contributed by atoms with Crippen molar-refractivity contribution >= 4 is 5.91 Å². The molecule has 154 valence electrons. The Balaban J connectivity index is 1.74. The van der Waals surface area contributed by atoms with Crippen LogP contribution in [0.4, 0.5) is 13.2 Å². The number of rotatable bonds is 7. The molecule has 9 nitrogen and oxygen atoms in total. The molecule has 29 heavy (non-hydrogen) atoms. The maximum atomic E-state index is 13.6. The monoisotopic (exact) mass is 409 g/mol. The van der Waals surface area contributed by atoms with Crippen LogP contribution in [-0.4, -0.2) is 49.3 Å². The second-order valence-corrected chi connectivity index (χ2v) is 6.14. The number of methoxy groups -OCH3 is 1. The smallest absolute Gasteiger partial charge is 0.434 e. The number of ether oxygens (including phenoxy) is 1. The lowest BCUT2D eigenvalue weighted by atomic mass is 10.2. The number of hydrogen-bond donors (Lipinski definition) is 1. The first-order valence-electron chi connectivity index (χ1n) is 8.60. The van der Waals surface area contributed by atoms with Crippen molar-refractivity contribution in [3.63, 3.8) is 0 Å². The van der Waals surface area contributed by atoms with Crippen LogP contribution in [0.1, 0.15) is 28.0 Å². The van der Waals surface area contributed by atoms with Gasteiger partial charge in [0.15, 0.2) is 11.5 Å². The van der Waals surface area contributed by atoms with Crippen molar-refractivity contribution in [3.8, 4) is 11.7 Å². The molecule has 0 bridgehead atoms. The summed E-state index contributed by atoms with van der Waals surface area (Å²) in [5.74, 6) is -0.923. The van der Waals surface area contributed by atoms with Gasteiger partial charge in [0.1, 0.15) is 0 Å². The molecular weight excluding hydrogens is 391 g/mol. The van der Waals surface area contributed by atoms with Gasteiger partial charge in [-0.05, 0) is 25.0 Å². The number of carbonyl (C=O) groups excluding carboxylic acids is 1. The average molecular weight is 409 g/mol. The first-order valence-corrected chi connectivity index (χ1v) is 8.60. The van der Waals surface area contributed by atoms with E-state index in [1.54, 1.807) is 10.9 Å². The highest BCUT2D eigenvalue weighted by atomic mass is 19.4. The van der Waals surface area contributed by atoms with Crippen LogP contribution in [0.5, 0.6) is 5.88 Å². The molecule has 0 aliphatic carbocycles. The molecule has 0 spiro atoms. The first kappa shape index (κ1) is 20.3.